The Morgan fingerprint density at radius 3 is 1.64 bits per heavy atom. The highest BCUT2D eigenvalue weighted by molar-refractivity contribution is 5.98. The van der Waals surface area contributed by atoms with E-state index in [4.69, 9.17) is 22.3 Å². The topological polar surface area (TPSA) is 135 Å². The van der Waals surface area contributed by atoms with E-state index in [1.165, 1.54) is 0 Å². The van der Waals surface area contributed by atoms with Crippen LogP contribution in [0.1, 0.15) is 11.1 Å². The molecule has 0 amide bonds. The lowest BCUT2D eigenvalue weighted by Gasteiger charge is -2.08. The molecule has 8 heteroatoms. The number of nitrogen functional groups attached to an aromatic ring is 2. The number of imidazole rings is 2. The van der Waals surface area contributed by atoms with Gasteiger partial charge in [0.25, 0.3) is 0 Å². The minimum absolute atomic E-state index is 0.0262. The number of nitrogens with zero attached hydrogens (tertiary/aromatic N) is 4. The fraction of sp³-hybridized carbons (Fsp3) is 0.0588. The molecule has 2 aromatic heterocycles. The smallest absolute Gasteiger partial charge is 0.122 e. The van der Waals surface area contributed by atoms with E-state index in [9.17, 15) is 0 Å². The first-order valence-electron chi connectivity index (χ1n) is 7.61. The van der Waals surface area contributed by atoms with Gasteiger partial charge >= 0.3 is 0 Å². The lowest BCUT2D eigenvalue weighted by molar-refractivity contribution is 0.637. The van der Waals surface area contributed by atoms with Crippen molar-refractivity contribution in [1.82, 2.24) is 19.1 Å². The first-order valence-corrected chi connectivity index (χ1v) is 7.61. The fourth-order valence-corrected chi connectivity index (χ4v) is 2.85. The van der Waals surface area contributed by atoms with E-state index >= 15 is 0 Å². The molecule has 8 nitrogen and oxygen atoms in total. The van der Waals surface area contributed by atoms with Crippen molar-refractivity contribution in [2.75, 3.05) is 0 Å². The third kappa shape index (κ3) is 2.49. The Morgan fingerprint density at radius 1 is 0.800 bits per heavy atom. The zero-order chi connectivity index (χ0) is 17.6. The molecule has 0 aliphatic rings. The molecular formula is C17H16N8. The summed E-state index contributed by atoms with van der Waals surface area (Å²) in [7, 11) is 0. The zero-order valence-corrected chi connectivity index (χ0v) is 13.3. The largest absolute Gasteiger partial charge is 0.384 e. The second-order valence-corrected chi connectivity index (χ2v) is 5.80. The number of hydrogen-bond donors (Lipinski definition) is 4. The Labute approximate surface area is 142 Å². The maximum absolute atomic E-state index is 7.52. The van der Waals surface area contributed by atoms with Gasteiger partial charge in [0.15, 0.2) is 0 Å². The highest BCUT2D eigenvalue weighted by Gasteiger charge is 2.09. The van der Waals surface area contributed by atoms with E-state index in [2.05, 4.69) is 9.97 Å². The summed E-state index contributed by atoms with van der Waals surface area (Å²) in [5.74, 6) is 0.0525. The predicted molar refractivity (Wildman–Crippen MR) is 96.9 cm³/mol. The normalized spacial score (nSPS) is 11.2. The summed E-state index contributed by atoms with van der Waals surface area (Å²) in [5, 5.41) is 15.0. The molecular weight excluding hydrogens is 316 g/mol. The molecule has 0 spiro atoms. The lowest BCUT2D eigenvalue weighted by atomic mass is 10.2. The number of nitrogens with one attached hydrogen (secondary N) is 2. The number of fused-ring (bicyclic) bond motifs is 2. The molecule has 2 aromatic carbocycles. The van der Waals surface area contributed by atoms with Crippen LogP contribution < -0.4 is 11.5 Å². The molecule has 0 unspecified atom stereocenters. The second-order valence-electron chi connectivity index (χ2n) is 5.80. The summed E-state index contributed by atoms with van der Waals surface area (Å²) in [4.78, 5) is 8.78. The molecule has 6 N–H and O–H groups in total. The van der Waals surface area contributed by atoms with Crippen molar-refractivity contribution in [2.45, 2.75) is 6.67 Å². The molecule has 0 aliphatic heterocycles. The highest BCUT2D eigenvalue weighted by atomic mass is 15.2. The third-order valence-electron chi connectivity index (χ3n) is 4.17. The van der Waals surface area contributed by atoms with Gasteiger partial charge in [0, 0.05) is 11.1 Å². The van der Waals surface area contributed by atoms with Crippen molar-refractivity contribution in [2.24, 2.45) is 11.5 Å². The molecule has 2 heterocycles. The predicted octanol–water partition coefficient (Wildman–Crippen LogP) is 1.46. The Morgan fingerprint density at radius 2 is 1.24 bits per heavy atom. The maximum atomic E-state index is 7.52. The minimum Gasteiger partial charge on any atom is -0.384 e. The van der Waals surface area contributed by atoms with Crippen LogP contribution in [0.25, 0.3) is 22.1 Å². The average Bonchev–Trinajstić information content (AvgIpc) is 3.18. The third-order valence-corrected chi connectivity index (χ3v) is 4.17. The lowest BCUT2D eigenvalue weighted by Crippen LogP contribution is -2.11. The van der Waals surface area contributed by atoms with E-state index < -0.39 is 0 Å². The van der Waals surface area contributed by atoms with Gasteiger partial charge in [-0.05, 0) is 36.4 Å². The summed E-state index contributed by atoms with van der Waals surface area (Å²) >= 11 is 0. The minimum atomic E-state index is 0.0262. The highest BCUT2D eigenvalue weighted by Crippen LogP contribution is 2.18. The second kappa shape index (κ2) is 5.45. The van der Waals surface area contributed by atoms with Crippen LogP contribution in [0.5, 0.6) is 0 Å². The zero-order valence-electron chi connectivity index (χ0n) is 13.3. The van der Waals surface area contributed by atoms with Crippen LogP contribution >= 0.6 is 0 Å². The quantitative estimate of drug-likeness (QED) is 0.332. The summed E-state index contributed by atoms with van der Waals surface area (Å²) in [5.41, 5.74) is 15.8. The van der Waals surface area contributed by atoms with Crippen LogP contribution in [0.15, 0.2) is 49.1 Å². The molecule has 0 bridgehead atoms. The molecule has 0 saturated carbocycles. The summed E-state index contributed by atoms with van der Waals surface area (Å²) in [6.07, 6.45) is 3.51. The summed E-state index contributed by atoms with van der Waals surface area (Å²) in [6, 6.07) is 11.1. The Kier molecular flexibility index (Phi) is 3.24. The van der Waals surface area contributed by atoms with Gasteiger partial charge in [-0.15, -0.1) is 0 Å². The van der Waals surface area contributed by atoms with Gasteiger partial charge in [-0.2, -0.15) is 0 Å². The van der Waals surface area contributed by atoms with Crippen molar-refractivity contribution < 1.29 is 0 Å². The standard InChI is InChI=1S/C17H16N8/c18-16(19)10-1-3-14-12(5-10)22-7-24(14)9-25-8-23-13-6-11(17(20)21)2-4-15(13)25/h1-8H,9H2,(H3,18,19)(H3,20,21). The molecule has 4 aromatic rings. The molecule has 0 atom stereocenters. The number of hydrogen-bond acceptors (Lipinski definition) is 4. The van der Waals surface area contributed by atoms with E-state index in [1.807, 2.05) is 33.4 Å². The first kappa shape index (κ1) is 14.9. The Hall–Kier alpha value is -3.68. The molecule has 0 aliphatic carbocycles. The van der Waals surface area contributed by atoms with Gasteiger partial charge in [0.2, 0.25) is 0 Å². The Balaban J connectivity index is 1.73. The molecule has 0 saturated heterocycles. The Bertz CT molecular complexity index is 1040. The van der Waals surface area contributed by atoms with Gasteiger partial charge in [-0.1, -0.05) is 0 Å². The molecule has 4 rings (SSSR count). The van der Waals surface area contributed by atoms with Crippen LogP contribution in [0, 0.1) is 10.8 Å². The summed E-state index contributed by atoms with van der Waals surface area (Å²) < 4.78 is 4.00. The number of rotatable bonds is 4. The molecule has 0 fully saturated rings. The number of aromatic nitrogens is 4. The average molecular weight is 332 g/mol. The van der Waals surface area contributed by atoms with Gasteiger partial charge in [0.1, 0.15) is 18.3 Å². The molecule has 124 valence electrons. The SMILES string of the molecule is N=C(N)c1ccc2c(c1)ncn2Cn1cnc2cc(C(=N)N)ccc21. The van der Waals surface area contributed by atoms with Gasteiger partial charge in [-0.3, -0.25) is 10.8 Å². The van der Waals surface area contributed by atoms with Crippen molar-refractivity contribution in [3.63, 3.8) is 0 Å². The van der Waals surface area contributed by atoms with Gasteiger partial charge in [0.05, 0.1) is 34.7 Å². The van der Waals surface area contributed by atoms with Gasteiger partial charge in [-0.25, -0.2) is 9.97 Å². The van der Waals surface area contributed by atoms with E-state index in [1.54, 1.807) is 24.8 Å². The van der Waals surface area contributed by atoms with E-state index in [0.29, 0.717) is 17.8 Å². The number of amidine groups is 2. The van der Waals surface area contributed by atoms with E-state index in [0.717, 1.165) is 22.1 Å². The monoisotopic (exact) mass is 332 g/mol. The summed E-state index contributed by atoms with van der Waals surface area (Å²) in [6.45, 7) is 0.547. The van der Waals surface area contributed by atoms with Gasteiger partial charge < -0.3 is 20.6 Å². The van der Waals surface area contributed by atoms with Crippen LogP contribution in [0.4, 0.5) is 0 Å². The van der Waals surface area contributed by atoms with Crippen LogP contribution in [0.2, 0.25) is 0 Å². The van der Waals surface area contributed by atoms with E-state index in [-0.39, 0.29) is 11.7 Å². The van der Waals surface area contributed by atoms with Crippen molar-refractivity contribution >= 4 is 33.7 Å². The molecule has 0 radical (unpaired) electrons. The van der Waals surface area contributed by atoms with Crippen molar-refractivity contribution in [1.29, 1.82) is 10.8 Å². The number of benzene rings is 2. The first-order chi connectivity index (χ1) is 12.0. The van der Waals surface area contributed by atoms with Crippen molar-refractivity contribution in [3.05, 3.63) is 60.2 Å². The van der Waals surface area contributed by atoms with Crippen molar-refractivity contribution in [3.8, 4) is 0 Å². The number of nitrogens with two attached hydrogens (primary N) is 2. The molecule has 25 heavy (non-hydrogen) atoms. The van der Waals surface area contributed by atoms with Crippen LogP contribution in [0.3, 0.4) is 0 Å². The van der Waals surface area contributed by atoms with Crippen LogP contribution in [-0.2, 0) is 6.67 Å². The maximum Gasteiger partial charge on any atom is 0.122 e. The fourth-order valence-electron chi connectivity index (χ4n) is 2.85. The van der Waals surface area contributed by atoms with Crippen LogP contribution in [-0.4, -0.2) is 30.8 Å².